The van der Waals surface area contributed by atoms with Crippen molar-refractivity contribution in [2.75, 3.05) is 32.1 Å². The van der Waals surface area contributed by atoms with Gasteiger partial charge in [-0.15, -0.1) is 5.10 Å². The average molecular weight is 267 g/mol. The minimum atomic E-state index is -0.212. The van der Waals surface area contributed by atoms with Crippen LogP contribution in [0, 0.1) is 0 Å². The minimum absolute atomic E-state index is 0.212. The maximum Gasteiger partial charge on any atom is 0.244 e. The third kappa shape index (κ3) is 3.67. The molecular weight excluding hydrogens is 242 g/mol. The van der Waals surface area contributed by atoms with Gasteiger partial charge in [0, 0.05) is 32.7 Å². The number of hydrogen-bond acceptors (Lipinski definition) is 5. The smallest absolute Gasteiger partial charge is 0.244 e. The first-order valence-electron chi connectivity index (χ1n) is 6.93. The number of rotatable bonds is 5. The highest BCUT2D eigenvalue weighted by molar-refractivity contribution is 5.29. The van der Waals surface area contributed by atoms with E-state index in [1.807, 2.05) is 20.9 Å². The van der Waals surface area contributed by atoms with Gasteiger partial charge in [-0.2, -0.15) is 4.98 Å². The molecule has 1 aromatic heterocycles. The molecule has 1 aliphatic heterocycles. The van der Waals surface area contributed by atoms with Gasteiger partial charge in [-0.1, -0.05) is 0 Å². The summed E-state index contributed by atoms with van der Waals surface area (Å²) in [5, 5.41) is 10.7. The first-order chi connectivity index (χ1) is 9.04. The number of piperidine rings is 1. The van der Waals surface area contributed by atoms with Gasteiger partial charge in [-0.05, 0) is 33.7 Å². The number of anilines is 1. The molecule has 19 heavy (non-hydrogen) atoms. The van der Waals surface area contributed by atoms with Crippen molar-refractivity contribution in [2.45, 2.75) is 44.8 Å². The molecule has 0 radical (unpaired) electrons. The quantitative estimate of drug-likeness (QED) is 0.832. The molecule has 108 valence electrons. The van der Waals surface area contributed by atoms with E-state index in [9.17, 15) is 0 Å². The van der Waals surface area contributed by atoms with Gasteiger partial charge in [-0.25, -0.2) is 0 Å². The summed E-state index contributed by atoms with van der Waals surface area (Å²) >= 11 is 0. The highest BCUT2D eigenvalue weighted by Gasteiger charge is 2.23. The van der Waals surface area contributed by atoms with E-state index in [2.05, 4.69) is 25.4 Å². The topological polar surface area (TPSA) is 66.1 Å². The van der Waals surface area contributed by atoms with Gasteiger partial charge in [0.1, 0.15) is 5.82 Å². The Balaban J connectivity index is 1.94. The van der Waals surface area contributed by atoms with Crippen molar-refractivity contribution in [3.63, 3.8) is 0 Å². The molecule has 0 saturated carbocycles. The second kappa shape index (κ2) is 5.88. The summed E-state index contributed by atoms with van der Waals surface area (Å²) < 4.78 is 5.42. The van der Waals surface area contributed by atoms with Crippen molar-refractivity contribution in [2.24, 2.45) is 0 Å². The molecule has 2 rings (SSSR count). The van der Waals surface area contributed by atoms with Crippen LogP contribution in [0.25, 0.3) is 0 Å². The van der Waals surface area contributed by atoms with Gasteiger partial charge in [0.25, 0.3) is 0 Å². The number of ether oxygens (including phenoxy) is 1. The van der Waals surface area contributed by atoms with Crippen molar-refractivity contribution in [1.29, 1.82) is 0 Å². The van der Waals surface area contributed by atoms with Crippen molar-refractivity contribution in [3.05, 3.63) is 5.82 Å². The van der Waals surface area contributed by atoms with E-state index in [1.54, 1.807) is 7.11 Å². The predicted molar refractivity (Wildman–Crippen MR) is 75.5 cm³/mol. The lowest BCUT2D eigenvalue weighted by Gasteiger charge is -2.30. The monoisotopic (exact) mass is 267 g/mol. The zero-order chi connectivity index (χ0) is 13.9. The van der Waals surface area contributed by atoms with Crippen molar-refractivity contribution >= 4 is 5.95 Å². The molecule has 6 heteroatoms. The number of H-pyrrole nitrogens is 1. The third-order valence-corrected chi connectivity index (χ3v) is 3.85. The Labute approximate surface area is 114 Å². The second-order valence-electron chi connectivity index (χ2n) is 5.77. The summed E-state index contributed by atoms with van der Waals surface area (Å²) in [6, 6.07) is 0.627. The zero-order valence-corrected chi connectivity index (χ0v) is 12.4. The second-order valence-corrected chi connectivity index (χ2v) is 5.77. The number of nitrogens with one attached hydrogen (secondary N) is 2. The van der Waals surface area contributed by atoms with Crippen LogP contribution in [0.1, 0.15) is 32.5 Å². The molecule has 2 N–H and O–H groups in total. The number of nitrogens with zero attached hydrogens (tertiary/aromatic N) is 3. The largest absolute Gasteiger partial charge is 0.378 e. The van der Waals surface area contributed by atoms with Gasteiger partial charge in [0.15, 0.2) is 0 Å². The molecule has 0 unspecified atom stereocenters. The minimum Gasteiger partial charge on any atom is -0.378 e. The fraction of sp³-hybridized carbons (Fsp3) is 0.846. The third-order valence-electron chi connectivity index (χ3n) is 3.85. The Kier molecular flexibility index (Phi) is 4.42. The number of hydrogen-bond donors (Lipinski definition) is 2. The lowest BCUT2D eigenvalue weighted by atomic mass is 10.1. The van der Waals surface area contributed by atoms with Crippen LogP contribution in [0.4, 0.5) is 5.95 Å². The Bertz CT molecular complexity index is 395. The Morgan fingerprint density at radius 1 is 1.42 bits per heavy atom. The van der Waals surface area contributed by atoms with Crippen molar-refractivity contribution in [3.8, 4) is 0 Å². The molecule has 1 aromatic rings. The van der Waals surface area contributed by atoms with Gasteiger partial charge in [0.05, 0.1) is 5.60 Å². The number of methoxy groups -OCH3 is 1. The highest BCUT2D eigenvalue weighted by Crippen LogP contribution is 2.18. The van der Waals surface area contributed by atoms with Gasteiger partial charge < -0.3 is 15.0 Å². The predicted octanol–water partition coefficient (Wildman–Crippen LogP) is 0.960. The Hall–Kier alpha value is -1.14. The van der Waals surface area contributed by atoms with E-state index in [0.717, 1.165) is 44.1 Å². The molecule has 0 amide bonds. The molecular formula is C13H25N5O. The molecule has 0 atom stereocenters. The van der Waals surface area contributed by atoms with Crippen molar-refractivity contribution in [1.82, 2.24) is 20.5 Å². The van der Waals surface area contributed by atoms with Crippen LogP contribution < -0.4 is 10.2 Å². The van der Waals surface area contributed by atoms with Crippen LogP contribution in [-0.4, -0.2) is 54.1 Å². The molecule has 0 spiro atoms. The van der Waals surface area contributed by atoms with E-state index in [-0.39, 0.29) is 5.60 Å². The first kappa shape index (κ1) is 14.3. The summed E-state index contributed by atoms with van der Waals surface area (Å²) in [5.41, 5.74) is -0.212. The van der Waals surface area contributed by atoms with E-state index < -0.39 is 0 Å². The molecule has 0 aliphatic carbocycles. The van der Waals surface area contributed by atoms with Crippen LogP contribution in [0.5, 0.6) is 0 Å². The van der Waals surface area contributed by atoms with Crippen LogP contribution in [0.2, 0.25) is 0 Å². The first-order valence-corrected chi connectivity index (χ1v) is 6.93. The maximum atomic E-state index is 5.42. The molecule has 2 heterocycles. The summed E-state index contributed by atoms with van der Waals surface area (Å²) in [6.07, 6.45) is 3.03. The fourth-order valence-electron chi connectivity index (χ4n) is 2.35. The lowest BCUT2D eigenvalue weighted by molar-refractivity contribution is 0.0216. The van der Waals surface area contributed by atoms with Crippen LogP contribution in [0.15, 0.2) is 0 Å². The number of aromatic amines is 1. The molecule has 6 nitrogen and oxygen atoms in total. The summed E-state index contributed by atoms with van der Waals surface area (Å²) in [5.74, 6) is 1.70. The Morgan fingerprint density at radius 3 is 2.68 bits per heavy atom. The highest BCUT2D eigenvalue weighted by atomic mass is 16.5. The van der Waals surface area contributed by atoms with Gasteiger partial charge >= 0.3 is 0 Å². The fourth-order valence-corrected chi connectivity index (χ4v) is 2.35. The van der Waals surface area contributed by atoms with E-state index >= 15 is 0 Å². The van der Waals surface area contributed by atoms with Gasteiger partial charge in [0.2, 0.25) is 5.95 Å². The van der Waals surface area contributed by atoms with Crippen LogP contribution in [-0.2, 0) is 11.2 Å². The van der Waals surface area contributed by atoms with Crippen LogP contribution >= 0.6 is 0 Å². The Morgan fingerprint density at radius 2 is 2.11 bits per heavy atom. The molecule has 0 aromatic carbocycles. The van der Waals surface area contributed by atoms with Gasteiger partial charge in [-0.3, -0.25) is 5.10 Å². The molecule has 1 aliphatic rings. The summed E-state index contributed by atoms with van der Waals surface area (Å²) in [6.45, 7) is 6.12. The van der Waals surface area contributed by atoms with Crippen LogP contribution in [0.3, 0.4) is 0 Å². The number of aromatic nitrogens is 3. The SMILES string of the molecule is CNC1CCN(c2n[nH]c(CC(C)(C)OC)n2)CC1. The maximum absolute atomic E-state index is 5.42. The van der Waals surface area contributed by atoms with E-state index in [0.29, 0.717) is 6.04 Å². The molecule has 0 bridgehead atoms. The zero-order valence-electron chi connectivity index (χ0n) is 12.4. The van der Waals surface area contributed by atoms with Crippen molar-refractivity contribution < 1.29 is 4.74 Å². The molecule has 1 saturated heterocycles. The lowest BCUT2D eigenvalue weighted by Crippen LogP contribution is -2.41. The van der Waals surface area contributed by atoms with E-state index in [1.165, 1.54) is 0 Å². The normalized spacial score (nSPS) is 18.0. The summed E-state index contributed by atoms with van der Waals surface area (Å²) in [4.78, 5) is 6.82. The van der Waals surface area contributed by atoms with E-state index in [4.69, 9.17) is 4.74 Å². The summed E-state index contributed by atoms with van der Waals surface area (Å²) in [7, 11) is 3.75. The average Bonchev–Trinajstić information content (AvgIpc) is 2.86. The standard InChI is InChI=1S/C13H25N5O/c1-13(2,19-4)9-11-15-12(17-16-11)18-7-5-10(14-3)6-8-18/h10,14H,5-9H2,1-4H3,(H,15,16,17). The molecule has 1 fully saturated rings.